The Labute approximate surface area is 159 Å². The van der Waals surface area contributed by atoms with E-state index in [4.69, 9.17) is 4.74 Å². The minimum absolute atomic E-state index is 0.0481. The van der Waals surface area contributed by atoms with Crippen LogP contribution < -0.4 is 10.6 Å². The number of amides is 2. The molecule has 0 atom stereocenters. The molecule has 2 aromatic rings. The largest absolute Gasteiger partial charge is 0.379 e. The van der Waals surface area contributed by atoms with Crippen molar-refractivity contribution in [3.8, 4) is 0 Å². The molecule has 6 heteroatoms. The molecule has 0 aliphatic carbocycles. The lowest BCUT2D eigenvalue weighted by Crippen LogP contribution is -2.41. The topological polar surface area (TPSA) is 70.7 Å². The lowest BCUT2D eigenvalue weighted by molar-refractivity contribution is -0.118. The van der Waals surface area contributed by atoms with Gasteiger partial charge < -0.3 is 15.4 Å². The van der Waals surface area contributed by atoms with Gasteiger partial charge in [0.05, 0.1) is 26.2 Å². The summed E-state index contributed by atoms with van der Waals surface area (Å²) in [4.78, 5) is 26.3. The maximum atomic E-state index is 12.2. The fourth-order valence-electron chi connectivity index (χ4n) is 2.90. The van der Waals surface area contributed by atoms with E-state index in [2.05, 4.69) is 15.5 Å². The molecule has 1 heterocycles. The van der Waals surface area contributed by atoms with Crippen LogP contribution in [0, 0.1) is 6.92 Å². The SMILES string of the molecule is Cc1ccc(CC(=O)Nc2ccc(NC(=O)CN3CCOCC3)cc2)cc1. The predicted molar refractivity (Wildman–Crippen MR) is 106 cm³/mol. The number of hydrogen-bond donors (Lipinski definition) is 2. The fourth-order valence-corrected chi connectivity index (χ4v) is 2.90. The van der Waals surface area contributed by atoms with Crippen LogP contribution in [0.25, 0.3) is 0 Å². The molecule has 0 radical (unpaired) electrons. The van der Waals surface area contributed by atoms with Crippen LogP contribution in [0.3, 0.4) is 0 Å². The Morgan fingerprint density at radius 1 is 0.889 bits per heavy atom. The summed E-state index contributed by atoms with van der Waals surface area (Å²) < 4.78 is 5.28. The molecule has 2 amide bonds. The van der Waals surface area contributed by atoms with Crippen LogP contribution in [0.2, 0.25) is 0 Å². The van der Waals surface area contributed by atoms with Crippen LogP contribution in [0.1, 0.15) is 11.1 Å². The molecule has 0 bridgehead atoms. The van der Waals surface area contributed by atoms with Crippen molar-refractivity contribution in [3.05, 3.63) is 59.7 Å². The van der Waals surface area contributed by atoms with Gasteiger partial charge in [0.1, 0.15) is 0 Å². The summed E-state index contributed by atoms with van der Waals surface area (Å²) in [5, 5.41) is 5.76. The molecule has 0 spiro atoms. The van der Waals surface area contributed by atoms with Crippen molar-refractivity contribution in [2.24, 2.45) is 0 Å². The summed E-state index contributed by atoms with van der Waals surface area (Å²) in [5.41, 5.74) is 3.57. The first-order valence-corrected chi connectivity index (χ1v) is 9.14. The van der Waals surface area contributed by atoms with Crippen molar-refractivity contribution in [2.75, 3.05) is 43.5 Å². The number of anilines is 2. The summed E-state index contributed by atoms with van der Waals surface area (Å²) >= 11 is 0. The smallest absolute Gasteiger partial charge is 0.238 e. The number of benzene rings is 2. The van der Waals surface area contributed by atoms with Gasteiger partial charge in [-0.15, -0.1) is 0 Å². The molecular weight excluding hydrogens is 342 g/mol. The minimum Gasteiger partial charge on any atom is -0.379 e. The zero-order chi connectivity index (χ0) is 19.1. The van der Waals surface area contributed by atoms with E-state index in [0.717, 1.165) is 18.7 Å². The summed E-state index contributed by atoms with van der Waals surface area (Å²) in [6.07, 6.45) is 0.332. The summed E-state index contributed by atoms with van der Waals surface area (Å²) in [5.74, 6) is -0.115. The highest BCUT2D eigenvalue weighted by Crippen LogP contribution is 2.14. The van der Waals surface area contributed by atoms with Gasteiger partial charge >= 0.3 is 0 Å². The van der Waals surface area contributed by atoms with Crippen molar-refractivity contribution >= 4 is 23.2 Å². The fraction of sp³-hybridized carbons (Fsp3) is 0.333. The van der Waals surface area contributed by atoms with E-state index in [1.807, 2.05) is 31.2 Å². The summed E-state index contributed by atoms with van der Waals surface area (Å²) in [6.45, 7) is 5.27. The van der Waals surface area contributed by atoms with E-state index < -0.39 is 0 Å². The Kier molecular flexibility index (Phi) is 6.57. The van der Waals surface area contributed by atoms with Gasteiger partial charge in [0.15, 0.2) is 0 Å². The third-order valence-electron chi connectivity index (χ3n) is 4.41. The first-order chi connectivity index (χ1) is 13.1. The third-order valence-corrected chi connectivity index (χ3v) is 4.41. The molecule has 1 fully saturated rings. The second kappa shape index (κ2) is 9.30. The van der Waals surface area contributed by atoms with E-state index in [-0.39, 0.29) is 11.8 Å². The lowest BCUT2D eigenvalue weighted by atomic mass is 10.1. The number of carbonyl (C=O) groups is 2. The number of ether oxygens (including phenoxy) is 1. The van der Waals surface area contributed by atoms with Crippen molar-refractivity contribution in [3.63, 3.8) is 0 Å². The Morgan fingerprint density at radius 3 is 2.04 bits per heavy atom. The third kappa shape index (κ3) is 6.20. The first kappa shape index (κ1) is 19.1. The van der Waals surface area contributed by atoms with E-state index in [9.17, 15) is 9.59 Å². The summed E-state index contributed by atoms with van der Waals surface area (Å²) in [7, 11) is 0. The normalized spacial score (nSPS) is 14.6. The Hall–Kier alpha value is -2.70. The average molecular weight is 367 g/mol. The van der Waals surface area contributed by atoms with E-state index in [0.29, 0.717) is 37.6 Å². The molecule has 0 unspecified atom stereocenters. The second-order valence-electron chi connectivity index (χ2n) is 6.72. The van der Waals surface area contributed by atoms with Gasteiger partial charge in [-0.3, -0.25) is 14.5 Å². The van der Waals surface area contributed by atoms with Gasteiger partial charge in [-0.1, -0.05) is 29.8 Å². The number of morpholine rings is 1. The van der Waals surface area contributed by atoms with Crippen molar-refractivity contribution in [2.45, 2.75) is 13.3 Å². The highest BCUT2D eigenvalue weighted by molar-refractivity contribution is 5.94. The van der Waals surface area contributed by atoms with Crippen LogP contribution in [0.4, 0.5) is 11.4 Å². The van der Waals surface area contributed by atoms with Gasteiger partial charge in [-0.05, 0) is 36.8 Å². The molecule has 6 nitrogen and oxygen atoms in total. The monoisotopic (exact) mass is 367 g/mol. The molecule has 1 saturated heterocycles. The molecule has 2 aromatic carbocycles. The van der Waals surface area contributed by atoms with Crippen molar-refractivity contribution in [1.29, 1.82) is 0 Å². The molecule has 0 aromatic heterocycles. The summed E-state index contributed by atoms with van der Waals surface area (Å²) in [6, 6.07) is 15.1. The van der Waals surface area contributed by atoms with Gasteiger partial charge in [-0.2, -0.15) is 0 Å². The maximum absolute atomic E-state index is 12.2. The Balaban J connectivity index is 1.47. The van der Waals surface area contributed by atoms with Crippen molar-refractivity contribution < 1.29 is 14.3 Å². The number of rotatable bonds is 6. The molecule has 3 rings (SSSR count). The zero-order valence-electron chi connectivity index (χ0n) is 15.5. The van der Waals surface area contributed by atoms with Gasteiger partial charge in [0.25, 0.3) is 0 Å². The molecular formula is C21H25N3O3. The standard InChI is InChI=1S/C21H25N3O3/c1-16-2-4-17(5-3-16)14-20(25)22-18-6-8-19(9-7-18)23-21(26)15-24-10-12-27-13-11-24/h2-9H,10-15H2,1H3,(H,22,25)(H,23,26). The van der Waals surface area contributed by atoms with Gasteiger partial charge in [-0.25, -0.2) is 0 Å². The molecule has 1 aliphatic heterocycles. The Bertz CT molecular complexity index is 766. The lowest BCUT2D eigenvalue weighted by Gasteiger charge is -2.25. The zero-order valence-corrected chi connectivity index (χ0v) is 15.5. The van der Waals surface area contributed by atoms with Crippen LogP contribution in [0.15, 0.2) is 48.5 Å². The second-order valence-corrected chi connectivity index (χ2v) is 6.72. The number of nitrogens with zero attached hydrogens (tertiary/aromatic N) is 1. The van der Waals surface area contributed by atoms with Crippen LogP contribution in [-0.4, -0.2) is 49.6 Å². The van der Waals surface area contributed by atoms with Gasteiger partial charge in [0, 0.05) is 24.5 Å². The van der Waals surface area contributed by atoms with Crippen LogP contribution >= 0.6 is 0 Å². The van der Waals surface area contributed by atoms with E-state index >= 15 is 0 Å². The average Bonchev–Trinajstić information content (AvgIpc) is 2.66. The Morgan fingerprint density at radius 2 is 1.44 bits per heavy atom. The number of nitrogens with one attached hydrogen (secondary N) is 2. The predicted octanol–water partition coefficient (Wildman–Crippen LogP) is 2.45. The number of hydrogen-bond acceptors (Lipinski definition) is 4. The number of carbonyl (C=O) groups excluding carboxylic acids is 2. The van der Waals surface area contributed by atoms with Crippen molar-refractivity contribution in [1.82, 2.24) is 4.90 Å². The quantitative estimate of drug-likeness (QED) is 0.823. The van der Waals surface area contributed by atoms with Gasteiger partial charge in [0.2, 0.25) is 11.8 Å². The first-order valence-electron chi connectivity index (χ1n) is 9.14. The van der Waals surface area contributed by atoms with E-state index in [1.54, 1.807) is 24.3 Å². The molecule has 142 valence electrons. The molecule has 2 N–H and O–H groups in total. The number of aryl methyl sites for hydroxylation is 1. The maximum Gasteiger partial charge on any atom is 0.238 e. The molecule has 27 heavy (non-hydrogen) atoms. The molecule has 1 aliphatic rings. The van der Waals surface area contributed by atoms with Crippen LogP contribution in [-0.2, 0) is 20.7 Å². The molecule has 0 saturated carbocycles. The minimum atomic E-state index is -0.0667. The van der Waals surface area contributed by atoms with E-state index in [1.165, 1.54) is 5.56 Å². The van der Waals surface area contributed by atoms with Crippen LogP contribution in [0.5, 0.6) is 0 Å². The highest BCUT2D eigenvalue weighted by Gasteiger charge is 2.14. The highest BCUT2D eigenvalue weighted by atomic mass is 16.5.